The van der Waals surface area contributed by atoms with Crippen LogP contribution in [0.3, 0.4) is 0 Å². The summed E-state index contributed by atoms with van der Waals surface area (Å²) in [4.78, 5) is 31.1. The third-order valence-electron chi connectivity index (χ3n) is 3.39. The van der Waals surface area contributed by atoms with Crippen LogP contribution in [0.5, 0.6) is 0 Å². The zero-order valence-corrected chi connectivity index (χ0v) is 10.8. The van der Waals surface area contributed by atoms with Crippen LogP contribution in [0, 0.1) is 5.92 Å². The van der Waals surface area contributed by atoms with Crippen LogP contribution in [-0.2, 0) is 9.53 Å². The Morgan fingerprint density at radius 1 is 1.26 bits per heavy atom. The fourth-order valence-electron chi connectivity index (χ4n) is 2.32. The van der Waals surface area contributed by atoms with Crippen molar-refractivity contribution in [2.24, 2.45) is 5.92 Å². The first kappa shape index (κ1) is 13.5. The summed E-state index contributed by atoms with van der Waals surface area (Å²) >= 11 is 0. The molecule has 1 fully saturated rings. The number of hydrogen-bond donors (Lipinski definition) is 1. The number of amides is 1. The van der Waals surface area contributed by atoms with E-state index in [1.807, 2.05) is 0 Å². The van der Waals surface area contributed by atoms with Crippen molar-refractivity contribution in [3.63, 3.8) is 0 Å². The largest absolute Gasteiger partial charge is 0.469 e. The van der Waals surface area contributed by atoms with Gasteiger partial charge in [0.2, 0.25) is 0 Å². The van der Waals surface area contributed by atoms with Crippen LogP contribution in [0.15, 0.2) is 18.6 Å². The molecule has 0 saturated heterocycles. The summed E-state index contributed by atoms with van der Waals surface area (Å²) in [5.41, 5.74) is 0.317. The Kier molecular flexibility index (Phi) is 4.43. The van der Waals surface area contributed by atoms with E-state index in [-0.39, 0.29) is 23.8 Å². The van der Waals surface area contributed by atoms with Crippen molar-refractivity contribution in [1.29, 1.82) is 0 Å². The van der Waals surface area contributed by atoms with Gasteiger partial charge in [0.15, 0.2) is 0 Å². The van der Waals surface area contributed by atoms with Crippen molar-refractivity contribution in [3.8, 4) is 0 Å². The first-order chi connectivity index (χ1) is 9.20. The molecule has 1 aromatic rings. The van der Waals surface area contributed by atoms with E-state index < -0.39 is 0 Å². The first-order valence-corrected chi connectivity index (χ1v) is 6.35. The van der Waals surface area contributed by atoms with E-state index in [0.29, 0.717) is 5.69 Å². The molecule has 1 aromatic heterocycles. The Bertz CT molecular complexity index is 442. The number of nitrogens with zero attached hydrogens (tertiary/aromatic N) is 2. The number of hydrogen-bond acceptors (Lipinski definition) is 5. The number of esters is 1. The maximum Gasteiger partial charge on any atom is 0.308 e. The van der Waals surface area contributed by atoms with E-state index in [9.17, 15) is 9.59 Å². The van der Waals surface area contributed by atoms with Crippen LogP contribution < -0.4 is 5.32 Å². The minimum atomic E-state index is -0.213. The Hall–Kier alpha value is -1.98. The van der Waals surface area contributed by atoms with Crippen LogP contribution in [0.2, 0.25) is 0 Å². The molecule has 19 heavy (non-hydrogen) atoms. The molecular formula is C13H17N3O3. The third kappa shape index (κ3) is 3.49. The van der Waals surface area contributed by atoms with E-state index in [2.05, 4.69) is 15.3 Å². The summed E-state index contributed by atoms with van der Waals surface area (Å²) in [7, 11) is 1.41. The predicted octanol–water partition coefficient (Wildman–Crippen LogP) is 0.938. The van der Waals surface area contributed by atoms with Crippen molar-refractivity contribution in [2.75, 3.05) is 7.11 Å². The van der Waals surface area contributed by atoms with Gasteiger partial charge in [-0.25, -0.2) is 4.98 Å². The topological polar surface area (TPSA) is 81.2 Å². The fourth-order valence-corrected chi connectivity index (χ4v) is 2.32. The summed E-state index contributed by atoms with van der Waals surface area (Å²) in [6.07, 6.45) is 7.52. The molecule has 0 aromatic carbocycles. The highest BCUT2D eigenvalue weighted by Gasteiger charge is 2.27. The van der Waals surface area contributed by atoms with Crippen LogP contribution in [-0.4, -0.2) is 35.0 Å². The third-order valence-corrected chi connectivity index (χ3v) is 3.39. The molecule has 0 atom stereocenters. The molecule has 1 amide bonds. The van der Waals surface area contributed by atoms with Crippen molar-refractivity contribution >= 4 is 11.9 Å². The average molecular weight is 263 g/mol. The summed E-state index contributed by atoms with van der Waals surface area (Å²) < 4.78 is 4.73. The minimum Gasteiger partial charge on any atom is -0.469 e. The molecule has 1 saturated carbocycles. The molecule has 1 heterocycles. The Labute approximate surface area is 111 Å². The van der Waals surface area contributed by atoms with Gasteiger partial charge in [0.1, 0.15) is 5.69 Å². The maximum atomic E-state index is 11.9. The predicted molar refractivity (Wildman–Crippen MR) is 67.3 cm³/mol. The molecule has 2 rings (SSSR count). The Morgan fingerprint density at radius 3 is 2.58 bits per heavy atom. The Morgan fingerprint density at radius 2 is 2.00 bits per heavy atom. The smallest absolute Gasteiger partial charge is 0.308 e. The number of rotatable bonds is 3. The van der Waals surface area contributed by atoms with Gasteiger partial charge in [0.05, 0.1) is 19.2 Å². The van der Waals surface area contributed by atoms with E-state index in [1.54, 1.807) is 0 Å². The highest BCUT2D eigenvalue weighted by Crippen LogP contribution is 2.25. The molecule has 0 radical (unpaired) electrons. The van der Waals surface area contributed by atoms with Gasteiger partial charge in [-0.15, -0.1) is 0 Å². The normalized spacial score (nSPS) is 22.6. The lowest BCUT2D eigenvalue weighted by Crippen LogP contribution is -2.39. The standard InChI is InChI=1S/C13H17N3O3/c1-19-13(18)9-2-4-10(5-3-9)16-12(17)11-8-14-6-7-15-11/h6-10H,2-5H2,1H3,(H,16,17). The number of carbonyl (C=O) groups is 2. The second-order valence-corrected chi connectivity index (χ2v) is 4.64. The highest BCUT2D eigenvalue weighted by molar-refractivity contribution is 5.92. The summed E-state index contributed by atoms with van der Waals surface area (Å²) in [5, 5.41) is 2.92. The van der Waals surface area contributed by atoms with Gasteiger partial charge in [0.25, 0.3) is 5.91 Å². The monoisotopic (exact) mass is 263 g/mol. The quantitative estimate of drug-likeness (QED) is 0.821. The average Bonchev–Trinajstić information content (AvgIpc) is 2.48. The van der Waals surface area contributed by atoms with Crippen LogP contribution >= 0.6 is 0 Å². The van der Waals surface area contributed by atoms with Gasteiger partial charge in [0, 0.05) is 18.4 Å². The summed E-state index contributed by atoms with van der Waals surface area (Å²) in [6.45, 7) is 0. The van der Waals surface area contributed by atoms with Crippen molar-refractivity contribution < 1.29 is 14.3 Å². The van der Waals surface area contributed by atoms with E-state index in [0.717, 1.165) is 25.7 Å². The zero-order valence-electron chi connectivity index (χ0n) is 10.8. The fraction of sp³-hybridized carbons (Fsp3) is 0.538. The molecule has 0 spiro atoms. The lowest BCUT2D eigenvalue weighted by molar-refractivity contribution is -0.146. The van der Waals surface area contributed by atoms with Gasteiger partial charge < -0.3 is 10.1 Å². The molecule has 1 N–H and O–H groups in total. The van der Waals surface area contributed by atoms with E-state index >= 15 is 0 Å². The number of methoxy groups -OCH3 is 1. The maximum absolute atomic E-state index is 11.9. The van der Waals surface area contributed by atoms with Gasteiger partial charge >= 0.3 is 5.97 Å². The van der Waals surface area contributed by atoms with Gasteiger partial charge in [-0.05, 0) is 25.7 Å². The summed E-state index contributed by atoms with van der Waals surface area (Å²) in [6, 6.07) is 0.0930. The van der Waals surface area contributed by atoms with Crippen molar-refractivity contribution in [2.45, 2.75) is 31.7 Å². The minimum absolute atomic E-state index is 0.0327. The van der Waals surface area contributed by atoms with Crippen molar-refractivity contribution in [3.05, 3.63) is 24.3 Å². The summed E-state index contributed by atoms with van der Waals surface area (Å²) in [5.74, 6) is -0.400. The van der Waals surface area contributed by atoms with E-state index in [1.165, 1.54) is 25.7 Å². The van der Waals surface area contributed by atoms with Crippen LogP contribution in [0.25, 0.3) is 0 Å². The molecule has 0 bridgehead atoms. The second kappa shape index (κ2) is 6.26. The van der Waals surface area contributed by atoms with Gasteiger partial charge in [-0.2, -0.15) is 0 Å². The van der Waals surface area contributed by atoms with Crippen LogP contribution in [0.4, 0.5) is 0 Å². The molecular weight excluding hydrogens is 246 g/mol. The molecule has 102 valence electrons. The van der Waals surface area contributed by atoms with E-state index in [4.69, 9.17) is 4.74 Å². The molecule has 0 aliphatic heterocycles. The SMILES string of the molecule is COC(=O)C1CCC(NC(=O)c2cnccn2)CC1. The number of nitrogens with one attached hydrogen (secondary N) is 1. The molecule has 1 aliphatic rings. The molecule has 0 unspecified atom stereocenters. The number of carbonyl (C=O) groups excluding carboxylic acids is 2. The molecule has 6 nitrogen and oxygen atoms in total. The highest BCUT2D eigenvalue weighted by atomic mass is 16.5. The van der Waals surface area contributed by atoms with Gasteiger partial charge in [-0.1, -0.05) is 0 Å². The van der Waals surface area contributed by atoms with Gasteiger partial charge in [-0.3, -0.25) is 14.6 Å². The second-order valence-electron chi connectivity index (χ2n) is 4.64. The first-order valence-electron chi connectivity index (χ1n) is 6.35. The Balaban J connectivity index is 1.83. The lowest BCUT2D eigenvalue weighted by atomic mass is 9.86. The molecule has 6 heteroatoms. The number of aromatic nitrogens is 2. The lowest BCUT2D eigenvalue weighted by Gasteiger charge is -2.27. The van der Waals surface area contributed by atoms with Crippen molar-refractivity contribution in [1.82, 2.24) is 15.3 Å². The zero-order chi connectivity index (χ0) is 13.7. The number of ether oxygens (including phenoxy) is 1. The van der Waals surface area contributed by atoms with Crippen LogP contribution in [0.1, 0.15) is 36.2 Å². The molecule has 1 aliphatic carbocycles.